The zero-order valence-corrected chi connectivity index (χ0v) is 18.1. The van der Waals surface area contributed by atoms with Gasteiger partial charge in [-0.05, 0) is 30.3 Å². The normalized spacial score (nSPS) is 11.3. The molecule has 0 aliphatic rings. The standard InChI is InChI=1S/C21H15N5O3S2/c1-25-17-12(20(28)26(2)21(25)29)9-11(10-22-17)23-18(27)15-7-8-16(30-15)19-24-13-5-3-4-6-14(13)31-19/h3-10H,1-2H3,(H,23,27). The van der Waals surface area contributed by atoms with Gasteiger partial charge in [-0.1, -0.05) is 12.1 Å². The topological polar surface area (TPSA) is 98.9 Å². The van der Waals surface area contributed by atoms with Gasteiger partial charge < -0.3 is 5.32 Å². The van der Waals surface area contributed by atoms with Crippen molar-refractivity contribution in [2.45, 2.75) is 0 Å². The number of amides is 1. The number of fused-ring (bicyclic) bond motifs is 2. The molecule has 1 aromatic carbocycles. The first kappa shape index (κ1) is 19.3. The van der Waals surface area contributed by atoms with Gasteiger partial charge in [0.15, 0.2) is 0 Å². The number of anilines is 1. The number of benzene rings is 1. The van der Waals surface area contributed by atoms with Crippen LogP contribution in [0.15, 0.2) is 58.3 Å². The average molecular weight is 450 g/mol. The molecule has 0 atom stereocenters. The van der Waals surface area contributed by atoms with Crippen LogP contribution in [0.25, 0.3) is 31.1 Å². The number of carbonyl (C=O) groups is 1. The molecule has 0 fully saturated rings. The summed E-state index contributed by atoms with van der Waals surface area (Å²) in [6, 6.07) is 13.1. The molecule has 1 amide bonds. The second kappa shape index (κ2) is 7.25. The summed E-state index contributed by atoms with van der Waals surface area (Å²) in [4.78, 5) is 47.5. The summed E-state index contributed by atoms with van der Waals surface area (Å²) in [6.45, 7) is 0. The lowest BCUT2D eigenvalue weighted by molar-refractivity contribution is 0.103. The Balaban J connectivity index is 1.45. The van der Waals surface area contributed by atoms with E-state index in [4.69, 9.17) is 0 Å². The molecule has 0 aliphatic carbocycles. The number of thiazole rings is 1. The molecule has 8 nitrogen and oxygen atoms in total. The molecule has 0 bridgehead atoms. The second-order valence-corrected chi connectivity index (χ2v) is 9.02. The van der Waals surface area contributed by atoms with E-state index in [9.17, 15) is 14.4 Å². The Morgan fingerprint density at radius 3 is 2.65 bits per heavy atom. The average Bonchev–Trinajstić information content (AvgIpc) is 3.43. The first-order valence-corrected chi connectivity index (χ1v) is 10.9. The number of aromatic nitrogens is 4. The Morgan fingerprint density at radius 2 is 1.84 bits per heavy atom. The number of thiophene rings is 1. The molecule has 31 heavy (non-hydrogen) atoms. The summed E-state index contributed by atoms with van der Waals surface area (Å²) in [7, 11) is 2.95. The van der Waals surface area contributed by atoms with E-state index in [0.29, 0.717) is 10.6 Å². The number of rotatable bonds is 3. The predicted octanol–water partition coefficient (Wildman–Crippen LogP) is 3.22. The first-order valence-electron chi connectivity index (χ1n) is 9.25. The second-order valence-electron chi connectivity index (χ2n) is 6.91. The Kier molecular flexibility index (Phi) is 4.53. The molecule has 10 heteroatoms. The Labute approximate surface area is 183 Å². The van der Waals surface area contributed by atoms with Gasteiger partial charge in [-0.15, -0.1) is 22.7 Å². The summed E-state index contributed by atoms with van der Waals surface area (Å²) in [5.41, 5.74) is 0.655. The van der Waals surface area contributed by atoms with Crippen molar-refractivity contribution in [3.63, 3.8) is 0 Å². The SMILES string of the molecule is Cn1c(=O)c2cc(NC(=O)c3ccc(-c4nc5ccccc5s4)s3)cnc2n(C)c1=O. The van der Waals surface area contributed by atoms with E-state index < -0.39 is 11.2 Å². The highest BCUT2D eigenvalue weighted by Crippen LogP contribution is 2.34. The van der Waals surface area contributed by atoms with E-state index >= 15 is 0 Å². The number of nitrogens with one attached hydrogen (secondary N) is 1. The van der Waals surface area contributed by atoms with Gasteiger partial charge in [0.05, 0.1) is 37.2 Å². The lowest BCUT2D eigenvalue weighted by Crippen LogP contribution is -2.37. The van der Waals surface area contributed by atoms with Crippen LogP contribution in [0.1, 0.15) is 9.67 Å². The van der Waals surface area contributed by atoms with E-state index in [-0.39, 0.29) is 16.9 Å². The molecule has 0 unspecified atom stereocenters. The van der Waals surface area contributed by atoms with Crippen LogP contribution in [-0.2, 0) is 14.1 Å². The lowest BCUT2D eigenvalue weighted by Gasteiger charge is -2.08. The predicted molar refractivity (Wildman–Crippen MR) is 123 cm³/mol. The summed E-state index contributed by atoms with van der Waals surface area (Å²) in [5.74, 6) is -0.305. The van der Waals surface area contributed by atoms with Gasteiger partial charge >= 0.3 is 5.69 Å². The molecule has 0 spiro atoms. The maximum atomic E-state index is 12.8. The van der Waals surface area contributed by atoms with Crippen LogP contribution in [0.2, 0.25) is 0 Å². The van der Waals surface area contributed by atoms with Gasteiger partial charge in [-0.3, -0.25) is 18.7 Å². The summed E-state index contributed by atoms with van der Waals surface area (Å²) >= 11 is 2.93. The molecule has 0 saturated carbocycles. The van der Waals surface area contributed by atoms with Crippen molar-refractivity contribution in [2.24, 2.45) is 14.1 Å². The number of para-hydroxylation sites is 1. The molecule has 5 aromatic rings. The van der Waals surface area contributed by atoms with Gasteiger partial charge in [-0.2, -0.15) is 0 Å². The van der Waals surface area contributed by atoms with Crippen molar-refractivity contribution < 1.29 is 4.79 Å². The van der Waals surface area contributed by atoms with Crippen molar-refractivity contribution >= 4 is 55.5 Å². The van der Waals surface area contributed by atoms with E-state index in [1.807, 2.05) is 30.3 Å². The van der Waals surface area contributed by atoms with Crippen molar-refractivity contribution in [3.05, 3.63) is 74.4 Å². The van der Waals surface area contributed by atoms with Crippen LogP contribution in [-0.4, -0.2) is 25.0 Å². The third kappa shape index (κ3) is 3.25. The van der Waals surface area contributed by atoms with Gasteiger partial charge in [0.2, 0.25) is 0 Å². The number of hydrogen-bond acceptors (Lipinski definition) is 7. The molecule has 4 heterocycles. The van der Waals surface area contributed by atoms with Gasteiger partial charge in [0.25, 0.3) is 11.5 Å². The third-order valence-electron chi connectivity index (χ3n) is 4.89. The van der Waals surface area contributed by atoms with Crippen LogP contribution in [0.5, 0.6) is 0 Å². The molecule has 1 N–H and O–H groups in total. The van der Waals surface area contributed by atoms with Gasteiger partial charge in [0, 0.05) is 14.1 Å². The Bertz CT molecular complexity index is 1580. The fourth-order valence-electron chi connectivity index (χ4n) is 3.28. The summed E-state index contributed by atoms with van der Waals surface area (Å²) < 4.78 is 3.40. The molecule has 0 saturated heterocycles. The van der Waals surface area contributed by atoms with E-state index in [0.717, 1.165) is 24.7 Å². The minimum absolute atomic E-state index is 0.253. The van der Waals surface area contributed by atoms with E-state index in [2.05, 4.69) is 15.3 Å². The number of hydrogen-bond donors (Lipinski definition) is 1. The lowest BCUT2D eigenvalue weighted by atomic mass is 10.3. The fraction of sp³-hybridized carbons (Fsp3) is 0.0952. The maximum Gasteiger partial charge on any atom is 0.332 e. The summed E-state index contributed by atoms with van der Waals surface area (Å²) in [5, 5.41) is 3.90. The zero-order chi connectivity index (χ0) is 21.7. The first-order chi connectivity index (χ1) is 14.9. The quantitative estimate of drug-likeness (QED) is 0.456. The number of pyridine rings is 1. The van der Waals surface area contributed by atoms with Crippen LogP contribution in [0.3, 0.4) is 0 Å². The van der Waals surface area contributed by atoms with Crippen LogP contribution >= 0.6 is 22.7 Å². The minimum Gasteiger partial charge on any atom is -0.320 e. The van der Waals surface area contributed by atoms with Crippen molar-refractivity contribution in [1.82, 2.24) is 19.1 Å². The fourth-order valence-corrected chi connectivity index (χ4v) is 5.20. The Morgan fingerprint density at radius 1 is 1.03 bits per heavy atom. The molecule has 0 radical (unpaired) electrons. The van der Waals surface area contributed by atoms with Crippen molar-refractivity contribution in [2.75, 3.05) is 5.32 Å². The molecule has 0 aliphatic heterocycles. The maximum absolute atomic E-state index is 12.8. The number of aryl methyl sites for hydroxylation is 1. The highest BCUT2D eigenvalue weighted by atomic mass is 32.1. The van der Waals surface area contributed by atoms with Crippen LogP contribution < -0.4 is 16.6 Å². The van der Waals surface area contributed by atoms with Crippen LogP contribution in [0, 0.1) is 0 Å². The molecule has 5 rings (SSSR count). The van der Waals surface area contributed by atoms with E-state index in [1.54, 1.807) is 24.5 Å². The van der Waals surface area contributed by atoms with Crippen molar-refractivity contribution in [3.8, 4) is 9.88 Å². The van der Waals surface area contributed by atoms with Gasteiger partial charge in [-0.25, -0.2) is 14.8 Å². The molecular formula is C21H15N5O3S2. The molecule has 154 valence electrons. The smallest absolute Gasteiger partial charge is 0.320 e. The largest absolute Gasteiger partial charge is 0.332 e. The van der Waals surface area contributed by atoms with E-state index in [1.165, 1.54) is 35.2 Å². The minimum atomic E-state index is -0.462. The molecule has 4 aromatic heterocycles. The monoisotopic (exact) mass is 449 g/mol. The zero-order valence-electron chi connectivity index (χ0n) is 16.4. The van der Waals surface area contributed by atoms with Crippen LogP contribution in [0.4, 0.5) is 5.69 Å². The Hall–Kier alpha value is -3.63. The van der Waals surface area contributed by atoms with Gasteiger partial charge in [0.1, 0.15) is 10.7 Å². The highest BCUT2D eigenvalue weighted by Gasteiger charge is 2.15. The number of carbonyl (C=O) groups excluding carboxylic acids is 1. The number of nitrogens with zero attached hydrogens (tertiary/aromatic N) is 4. The third-order valence-corrected chi connectivity index (χ3v) is 7.18. The summed E-state index contributed by atoms with van der Waals surface area (Å²) in [6.07, 6.45) is 1.43. The molecular weight excluding hydrogens is 434 g/mol. The van der Waals surface area contributed by atoms with Crippen molar-refractivity contribution in [1.29, 1.82) is 0 Å². The highest BCUT2D eigenvalue weighted by molar-refractivity contribution is 7.26.